The first-order chi connectivity index (χ1) is 16.6. The molecule has 9 atom stereocenters. The molecule has 0 spiro atoms. The van der Waals surface area contributed by atoms with Crippen LogP contribution in [0.5, 0.6) is 0 Å². The molecule has 0 amide bonds. The lowest BCUT2D eigenvalue weighted by molar-refractivity contribution is -0.209. The molecule has 0 aromatic rings. The van der Waals surface area contributed by atoms with Crippen molar-refractivity contribution in [2.45, 2.75) is 178 Å². The minimum atomic E-state index is -0.841. The van der Waals surface area contributed by atoms with Gasteiger partial charge in [-0.3, -0.25) is 0 Å². The molecule has 0 saturated carbocycles. The molecule has 2 N–H and O–H groups in total. The molecule has 0 aliphatic carbocycles. The predicted octanol–water partition coefficient (Wildman–Crippen LogP) is 5.62. The van der Waals surface area contributed by atoms with E-state index in [2.05, 4.69) is 40.7 Å². The Balaban J connectivity index is 1.33. The fourth-order valence-corrected chi connectivity index (χ4v) is 7.01. The lowest BCUT2D eigenvalue weighted by atomic mass is 9.88. The van der Waals surface area contributed by atoms with Crippen LogP contribution in [-0.2, 0) is 18.9 Å². The fourth-order valence-electron chi connectivity index (χ4n) is 7.01. The number of hydrogen-bond donors (Lipinski definition) is 2. The Kier molecular flexibility index (Phi) is 7.85. The third-order valence-corrected chi connectivity index (χ3v) is 9.69. The first kappa shape index (κ1) is 28.5. The first-order valence-corrected chi connectivity index (χ1v) is 14.3. The Morgan fingerprint density at radius 3 is 1.81 bits per heavy atom. The Labute approximate surface area is 219 Å². The monoisotopic (exact) mass is 508 g/mol. The molecule has 0 unspecified atom stereocenters. The van der Waals surface area contributed by atoms with Gasteiger partial charge in [-0.25, -0.2) is 0 Å². The van der Waals surface area contributed by atoms with Crippen molar-refractivity contribution in [2.75, 3.05) is 0 Å². The average molecular weight is 509 g/mol. The van der Waals surface area contributed by atoms with Crippen LogP contribution in [-0.4, -0.2) is 68.7 Å². The van der Waals surface area contributed by atoms with Crippen LogP contribution in [0.15, 0.2) is 11.6 Å². The van der Waals surface area contributed by atoms with Crippen molar-refractivity contribution >= 4 is 0 Å². The zero-order valence-corrected chi connectivity index (χ0v) is 24.1. The lowest BCUT2D eigenvalue weighted by Crippen LogP contribution is -2.48. The molecule has 0 aromatic heterocycles. The number of allylic oxidation sites excluding steroid dienone is 2. The molecule has 4 fully saturated rings. The van der Waals surface area contributed by atoms with E-state index >= 15 is 0 Å². The van der Waals surface area contributed by atoms with E-state index in [4.69, 9.17) is 18.9 Å². The summed E-state index contributed by atoms with van der Waals surface area (Å²) in [4.78, 5) is 0. The van der Waals surface area contributed by atoms with Crippen LogP contribution < -0.4 is 0 Å². The second-order valence-electron chi connectivity index (χ2n) is 13.9. The standard InChI is InChI=1S/C30H52O6/c1-20(2)10-9-16-27(5,32)22-14-18-28(6,35-22)23-11-12-24(33-23)29(7)19-15-25(36-29)30(8)17-13-21(34-30)26(3,4)31/h10,21-25,31-32H,9,11-19H2,1-8H3/t21-,22+,23-,24-,25+,27-,28-,29-,30+/m1/s1. The van der Waals surface area contributed by atoms with Crippen molar-refractivity contribution in [3.8, 4) is 0 Å². The summed E-state index contributed by atoms with van der Waals surface area (Å²) in [5, 5.41) is 21.6. The van der Waals surface area contributed by atoms with Gasteiger partial charge in [-0.1, -0.05) is 11.6 Å². The van der Waals surface area contributed by atoms with Crippen molar-refractivity contribution in [2.24, 2.45) is 0 Å². The van der Waals surface area contributed by atoms with E-state index in [1.165, 1.54) is 5.57 Å². The molecule has 0 aromatic carbocycles. The fraction of sp³-hybridized carbons (Fsp3) is 0.933. The molecule has 208 valence electrons. The van der Waals surface area contributed by atoms with Crippen molar-refractivity contribution < 1.29 is 29.2 Å². The Bertz CT molecular complexity index is 813. The molecule has 4 aliphatic rings. The molecular weight excluding hydrogens is 456 g/mol. The SMILES string of the molecule is CC(C)=CCC[C@@](C)(O)[C@@H]1CC[C@](C)([C@H]2CC[C@H]([C@@]3(C)CC[C@@H]([C@]4(C)CC[C@H](C(C)(C)O)O4)O3)O2)O1. The van der Waals surface area contributed by atoms with Crippen LogP contribution in [0.25, 0.3) is 0 Å². The number of ether oxygens (including phenoxy) is 4. The second-order valence-corrected chi connectivity index (χ2v) is 13.9. The molecule has 4 rings (SSSR count). The van der Waals surface area contributed by atoms with Crippen molar-refractivity contribution in [1.82, 2.24) is 0 Å². The van der Waals surface area contributed by atoms with Gasteiger partial charge < -0.3 is 29.2 Å². The highest BCUT2D eigenvalue weighted by atomic mass is 16.6. The summed E-state index contributed by atoms with van der Waals surface area (Å²) in [6.45, 7) is 16.3. The highest BCUT2D eigenvalue weighted by Gasteiger charge is 2.57. The van der Waals surface area contributed by atoms with Crippen molar-refractivity contribution in [3.63, 3.8) is 0 Å². The molecule has 4 heterocycles. The van der Waals surface area contributed by atoms with Crippen LogP contribution >= 0.6 is 0 Å². The molecule has 36 heavy (non-hydrogen) atoms. The van der Waals surface area contributed by atoms with Gasteiger partial charge in [-0.05, 0) is 120 Å². The summed E-state index contributed by atoms with van der Waals surface area (Å²) < 4.78 is 26.4. The largest absolute Gasteiger partial charge is 0.388 e. The first-order valence-electron chi connectivity index (χ1n) is 14.3. The highest BCUT2D eigenvalue weighted by molar-refractivity contribution is 5.06. The average Bonchev–Trinajstić information content (AvgIpc) is 3.53. The summed E-state index contributed by atoms with van der Waals surface area (Å²) in [5.41, 5.74) is -1.49. The predicted molar refractivity (Wildman–Crippen MR) is 141 cm³/mol. The smallest absolute Gasteiger partial charge is 0.0921 e. The highest BCUT2D eigenvalue weighted by Crippen LogP contribution is 2.50. The van der Waals surface area contributed by atoms with Crippen molar-refractivity contribution in [3.05, 3.63) is 11.6 Å². The summed E-state index contributed by atoms with van der Waals surface area (Å²) in [7, 11) is 0. The van der Waals surface area contributed by atoms with Crippen LogP contribution in [0.2, 0.25) is 0 Å². The second kappa shape index (κ2) is 9.91. The van der Waals surface area contributed by atoms with E-state index in [9.17, 15) is 10.2 Å². The Hall–Kier alpha value is -0.500. The van der Waals surface area contributed by atoms with E-state index in [1.807, 2.05) is 20.8 Å². The summed E-state index contributed by atoms with van der Waals surface area (Å²) >= 11 is 0. The number of hydrogen-bond acceptors (Lipinski definition) is 6. The van der Waals surface area contributed by atoms with Crippen molar-refractivity contribution in [1.29, 1.82) is 0 Å². The third-order valence-electron chi connectivity index (χ3n) is 9.69. The quantitative estimate of drug-likeness (QED) is 0.415. The van der Waals surface area contributed by atoms with Gasteiger partial charge in [-0.2, -0.15) is 0 Å². The van der Waals surface area contributed by atoms with E-state index in [0.717, 1.165) is 57.8 Å². The summed E-state index contributed by atoms with van der Waals surface area (Å²) in [5.74, 6) is 0. The zero-order chi connectivity index (χ0) is 26.6. The molecule has 0 bridgehead atoms. The van der Waals surface area contributed by atoms with Gasteiger partial charge >= 0.3 is 0 Å². The minimum absolute atomic E-state index is 0.0103. The maximum Gasteiger partial charge on any atom is 0.0921 e. The van der Waals surface area contributed by atoms with Crippen LogP contribution in [0.3, 0.4) is 0 Å². The molecule has 6 heteroatoms. The normalized spacial score (nSPS) is 45.2. The molecular formula is C30H52O6. The third kappa shape index (κ3) is 5.74. The molecule has 4 aliphatic heterocycles. The Morgan fingerprint density at radius 2 is 1.25 bits per heavy atom. The number of aliphatic hydroxyl groups is 2. The maximum atomic E-state index is 11.2. The molecule has 0 radical (unpaired) electrons. The summed E-state index contributed by atoms with van der Waals surface area (Å²) in [6.07, 6.45) is 10.8. The van der Waals surface area contributed by atoms with Gasteiger partial charge in [-0.15, -0.1) is 0 Å². The van der Waals surface area contributed by atoms with E-state index in [-0.39, 0.29) is 47.3 Å². The van der Waals surface area contributed by atoms with E-state index in [1.54, 1.807) is 0 Å². The maximum absolute atomic E-state index is 11.2. The van der Waals surface area contributed by atoms with Gasteiger partial charge in [0.1, 0.15) is 0 Å². The molecule has 4 saturated heterocycles. The van der Waals surface area contributed by atoms with Gasteiger partial charge in [0, 0.05) is 0 Å². The van der Waals surface area contributed by atoms with Gasteiger partial charge in [0.15, 0.2) is 0 Å². The minimum Gasteiger partial charge on any atom is -0.388 e. The Morgan fingerprint density at radius 1 is 0.750 bits per heavy atom. The van der Waals surface area contributed by atoms with E-state index in [0.29, 0.717) is 6.42 Å². The van der Waals surface area contributed by atoms with Crippen LogP contribution in [0.1, 0.15) is 120 Å². The van der Waals surface area contributed by atoms with Gasteiger partial charge in [0.25, 0.3) is 0 Å². The lowest BCUT2D eigenvalue weighted by Gasteiger charge is -2.38. The van der Waals surface area contributed by atoms with E-state index < -0.39 is 11.2 Å². The summed E-state index contributed by atoms with van der Waals surface area (Å²) in [6, 6.07) is 0. The topological polar surface area (TPSA) is 77.4 Å². The van der Waals surface area contributed by atoms with Crippen LogP contribution in [0.4, 0.5) is 0 Å². The number of rotatable bonds is 8. The van der Waals surface area contributed by atoms with Gasteiger partial charge in [0.05, 0.1) is 58.5 Å². The van der Waals surface area contributed by atoms with Crippen LogP contribution in [0, 0.1) is 0 Å². The van der Waals surface area contributed by atoms with Gasteiger partial charge in [0.2, 0.25) is 0 Å². The zero-order valence-electron chi connectivity index (χ0n) is 24.1. The molecule has 6 nitrogen and oxygen atoms in total.